The van der Waals surface area contributed by atoms with E-state index in [1.165, 1.54) is 6.20 Å². The number of ether oxygens (including phenoxy) is 3. The van der Waals surface area contributed by atoms with E-state index in [0.717, 1.165) is 10.6 Å². The van der Waals surface area contributed by atoms with E-state index in [9.17, 15) is 19.2 Å². The summed E-state index contributed by atoms with van der Waals surface area (Å²) < 4.78 is 17.9. The molecule has 170 valence electrons. The van der Waals surface area contributed by atoms with E-state index in [1.54, 1.807) is 60.7 Å². The zero-order valence-electron chi connectivity index (χ0n) is 17.1. The molecular formula is C23H19ClN2O7. The van der Waals surface area contributed by atoms with Crippen LogP contribution in [-0.4, -0.2) is 45.7 Å². The molecular weight excluding hydrogens is 452 g/mol. The Morgan fingerprint density at radius 3 is 2.15 bits per heavy atom. The third-order valence-electron chi connectivity index (χ3n) is 5.03. The summed E-state index contributed by atoms with van der Waals surface area (Å²) in [5, 5.41) is -1.01. The van der Waals surface area contributed by atoms with E-state index in [-0.39, 0.29) is 6.61 Å². The van der Waals surface area contributed by atoms with Crippen LogP contribution in [0.4, 0.5) is 0 Å². The minimum atomic E-state index is -1.08. The van der Waals surface area contributed by atoms with Crippen LogP contribution in [0, 0.1) is 0 Å². The lowest BCUT2D eigenvalue weighted by atomic mass is 10.1. The number of benzene rings is 2. The summed E-state index contributed by atoms with van der Waals surface area (Å²) in [6, 6.07) is 17.8. The summed E-state index contributed by atoms with van der Waals surface area (Å²) in [5.41, 5.74) is -0.691. The van der Waals surface area contributed by atoms with Gasteiger partial charge in [-0.1, -0.05) is 36.4 Å². The van der Waals surface area contributed by atoms with Gasteiger partial charge < -0.3 is 14.2 Å². The predicted octanol–water partition coefficient (Wildman–Crippen LogP) is 2.12. The quantitative estimate of drug-likeness (QED) is 0.433. The van der Waals surface area contributed by atoms with Gasteiger partial charge in [0.1, 0.15) is 18.1 Å². The Kier molecular flexibility index (Phi) is 6.71. The molecule has 2 aromatic carbocycles. The van der Waals surface area contributed by atoms with Crippen LogP contribution >= 0.6 is 11.6 Å². The van der Waals surface area contributed by atoms with Crippen molar-refractivity contribution in [3.8, 4) is 0 Å². The molecule has 33 heavy (non-hydrogen) atoms. The van der Waals surface area contributed by atoms with Crippen LogP contribution in [0.25, 0.3) is 0 Å². The van der Waals surface area contributed by atoms with Gasteiger partial charge in [0, 0.05) is 12.3 Å². The number of hydrogen-bond acceptors (Lipinski definition) is 7. The monoisotopic (exact) mass is 470 g/mol. The van der Waals surface area contributed by atoms with Gasteiger partial charge in [-0.3, -0.25) is 14.3 Å². The molecule has 3 aromatic rings. The Bertz CT molecular complexity index is 1240. The van der Waals surface area contributed by atoms with Crippen molar-refractivity contribution in [2.24, 2.45) is 0 Å². The van der Waals surface area contributed by atoms with Gasteiger partial charge in [-0.05, 0) is 24.3 Å². The van der Waals surface area contributed by atoms with Crippen LogP contribution in [0.1, 0.15) is 26.9 Å². The molecule has 1 aliphatic heterocycles. The molecule has 2 heterocycles. The van der Waals surface area contributed by atoms with Crippen LogP contribution in [-0.2, 0) is 14.2 Å². The topological polar surface area (TPSA) is 117 Å². The minimum absolute atomic E-state index is 0.279. The Morgan fingerprint density at radius 1 is 0.939 bits per heavy atom. The van der Waals surface area contributed by atoms with Crippen molar-refractivity contribution in [1.82, 2.24) is 9.55 Å². The maximum absolute atomic E-state index is 12.6. The van der Waals surface area contributed by atoms with Crippen molar-refractivity contribution in [1.29, 1.82) is 0 Å². The van der Waals surface area contributed by atoms with Crippen molar-refractivity contribution in [3.05, 3.63) is 105 Å². The number of rotatable bonds is 6. The highest BCUT2D eigenvalue weighted by Crippen LogP contribution is 2.35. The second kappa shape index (κ2) is 9.85. The van der Waals surface area contributed by atoms with E-state index in [0.29, 0.717) is 11.1 Å². The summed E-state index contributed by atoms with van der Waals surface area (Å²) in [5.74, 6) is -1.24. The number of carbonyl (C=O) groups excluding carboxylic acids is 2. The lowest BCUT2D eigenvalue weighted by Crippen LogP contribution is -2.38. The highest BCUT2D eigenvalue weighted by Gasteiger charge is 2.48. The van der Waals surface area contributed by atoms with Crippen LogP contribution in [0.2, 0.25) is 0 Å². The molecule has 1 aromatic heterocycles. The third-order valence-corrected chi connectivity index (χ3v) is 5.50. The zero-order valence-corrected chi connectivity index (χ0v) is 17.9. The number of hydrogen-bond donors (Lipinski definition) is 1. The fourth-order valence-corrected chi connectivity index (χ4v) is 3.80. The molecule has 0 amide bonds. The molecule has 4 rings (SSSR count). The third kappa shape index (κ3) is 5.05. The highest BCUT2D eigenvalue weighted by atomic mass is 35.5. The van der Waals surface area contributed by atoms with Gasteiger partial charge in [0.15, 0.2) is 12.3 Å². The first-order valence-corrected chi connectivity index (χ1v) is 10.5. The summed E-state index contributed by atoms with van der Waals surface area (Å²) in [6.45, 7) is -0.279. The Balaban J connectivity index is 1.56. The van der Waals surface area contributed by atoms with Gasteiger partial charge in [0.05, 0.1) is 11.1 Å². The molecule has 0 saturated carbocycles. The first-order valence-electron chi connectivity index (χ1n) is 10.0. The second-order valence-corrected chi connectivity index (χ2v) is 7.73. The summed E-state index contributed by atoms with van der Waals surface area (Å²) in [6.07, 6.45) is -1.86. The van der Waals surface area contributed by atoms with Gasteiger partial charge in [0.2, 0.25) is 0 Å². The number of aromatic nitrogens is 2. The largest absolute Gasteiger partial charge is 0.459 e. The Hall–Kier alpha value is -3.69. The van der Waals surface area contributed by atoms with E-state index in [2.05, 4.69) is 4.98 Å². The molecule has 0 spiro atoms. The maximum Gasteiger partial charge on any atom is 0.338 e. The molecule has 0 bridgehead atoms. The fourth-order valence-electron chi connectivity index (χ4n) is 3.40. The zero-order chi connectivity index (χ0) is 23.4. The first kappa shape index (κ1) is 22.5. The Morgan fingerprint density at radius 2 is 1.55 bits per heavy atom. The summed E-state index contributed by atoms with van der Waals surface area (Å²) in [4.78, 5) is 50.8. The standard InChI is InChI=1S/C23H19ClN2O7/c24-18-19(33-22(29)15-9-5-2-6-10-15)16(13-31-21(28)14-7-3-1-4-8-14)32-20(18)26-12-11-17(27)25-23(26)30/h1-12,16,18-20H,13H2,(H,25,27,30). The van der Waals surface area contributed by atoms with Gasteiger partial charge in [0.25, 0.3) is 5.56 Å². The maximum atomic E-state index is 12.6. The fraction of sp³-hybridized carbons (Fsp3) is 0.217. The molecule has 9 nitrogen and oxygen atoms in total. The number of alkyl halides is 1. The number of H-pyrrole nitrogens is 1. The van der Waals surface area contributed by atoms with Crippen molar-refractivity contribution < 1.29 is 23.8 Å². The van der Waals surface area contributed by atoms with Gasteiger partial charge in [-0.15, -0.1) is 11.6 Å². The number of esters is 2. The molecule has 1 saturated heterocycles. The number of carbonyl (C=O) groups is 2. The number of halogens is 1. The van der Waals surface area contributed by atoms with Gasteiger partial charge in [-0.2, -0.15) is 0 Å². The van der Waals surface area contributed by atoms with E-state index in [1.807, 2.05) is 0 Å². The minimum Gasteiger partial charge on any atom is -0.459 e. The van der Waals surface area contributed by atoms with Crippen molar-refractivity contribution >= 4 is 23.5 Å². The van der Waals surface area contributed by atoms with E-state index < -0.39 is 47.0 Å². The first-order chi connectivity index (χ1) is 15.9. The average molecular weight is 471 g/mol. The second-order valence-electron chi connectivity index (χ2n) is 7.23. The lowest BCUT2D eigenvalue weighted by molar-refractivity contribution is -0.0582. The van der Waals surface area contributed by atoms with Crippen LogP contribution in [0.15, 0.2) is 82.5 Å². The van der Waals surface area contributed by atoms with Crippen molar-refractivity contribution in [2.45, 2.75) is 23.8 Å². The van der Waals surface area contributed by atoms with Crippen LogP contribution in [0.3, 0.4) is 0 Å². The average Bonchev–Trinajstić information content (AvgIpc) is 3.13. The lowest BCUT2D eigenvalue weighted by Gasteiger charge is -2.20. The highest BCUT2D eigenvalue weighted by molar-refractivity contribution is 6.21. The summed E-state index contributed by atoms with van der Waals surface area (Å²) in [7, 11) is 0. The molecule has 1 fully saturated rings. The molecule has 1 N–H and O–H groups in total. The van der Waals surface area contributed by atoms with Crippen LogP contribution < -0.4 is 11.2 Å². The summed E-state index contributed by atoms with van der Waals surface area (Å²) >= 11 is 6.55. The van der Waals surface area contributed by atoms with Crippen LogP contribution in [0.5, 0.6) is 0 Å². The number of aromatic amines is 1. The number of nitrogens with one attached hydrogen (secondary N) is 1. The molecule has 10 heteroatoms. The molecule has 1 aliphatic rings. The van der Waals surface area contributed by atoms with Gasteiger partial charge >= 0.3 is 17.6 Å². The van der Waals surface area contributed by atoms with Crippen molar-refractivity contribution in [2.75, 3.05) is 6.61 Å². The van der Waals surface area contributed by atoms with Crippen molar-refractivity contribution in [3.63, 3.8) is 0 Å². The Labute approximate surface area is 192 Å². The van der Waals surface area contributed by atoms with E-state index in [4.69, 9.17) is 25.8 Å². The normalized spacial score (nSPS) is 22.0. The molecule has 0 radical (unpaired) electrons. The SMILES string of the molecule is O=C(OCC1OC(n2ccc(=O)[nH]c2=O)C(Cl)C1OC(=O)c1ccccc1)c1ccccc1. The van der Waals surface area contributed by atoms with E-state index >= 15 is 0 Å². The van der Waals surface area contributed by atoms with Gasteiger partial charge in [-0.25, -0.2) is 14.4 Å². The molecule has 4 atom stereocenters. The smallest absolute Gasteiger partial charge is 0.338 e. The predicted molar refractivity (Wildman–Crippen MR) is 117 cm³/mol. The number of nitrogens with zero attached hydrogens (tertiary/aromatic N) is 1. The molecule has 4 unspecified atom stereocenters. The molecule has 0 aliphatic carbocycles.